The van der Waals surface area contributed by atoms with Gasteiger partial charge in [0.2, 0.25) is 0 Å². The summed E-state index contributed by atoms with van der Waals surface area (Å²) in [5, 5.41) is 0.792. The second kappa shape index (κ2) is 6.74. The molecule has 3 heteroatoms. The van der Waals surface area contributed by atoms with E-state index in [0.717, 1.165) is 30.5 Å². The first-order chi connectivity index (χ1) is 9.11. The molecule has 0 spiro atoms. The maximum atomic E-state index is 6.38. The SMILES string of the molecule is CCC(N)C(c1ccc(Cl)cc1)N1CCC(C)CC1. The van der Waals surface area contributed by atoms with Crippen molar-refractivity contribution in [3.05, 3.63) is 34.9 Å². The van der Waals surface area contributed by atoms with Crippen LogP contribution in [0.15, 0.2) is 24.3 Å². The molecule has 1 aromatic carbocycles. The Hall–Kier alpha value is -0.570. The zero-order valence-electron chi connectivity index (χ0n) is 12.0. The molecule has 0 bridgehead atoms. The molecule has 1 heterocycles. The first kappa shape index (κ1) is 14.8. The fourth-order valence-electron chi connectivity index (χ4n) is 2.92. The van der Waals surface area contributed by atoms with Gasteiger partial charge in [0.05, 0.1) is 0 Å². The minimum absolute atomic E-state index is 0.189. The van der Waals surface area contributed by atoms with Gasteiger partial charge in [-0.05, 0) is 56.0 Å². The van der Waals surface area contributed by atoms with Crippen LogP contribution >= 0.6 is 11.6 Å². The summed E-state index contributed by atoms with van der Waals surface area (Å²) in [6, 6.07) is 8.71. The standard InChI is InChI=1S/C16H25ClN2/c1-3-15(18)16(13-4-6-14(17)7-5-13)19-10-8-12(2)9-11-19/h4-7,12,15-16H,3,8-11,18H2,1-2H3. The lowest BCUT2D eigenvalue weighted by Gasteiger charge is -2.39. The Labute approximate surface area is 121 Å². The van der Waals surface area contributed by atoms with E-state index in [0.29, 0.717) is 6.04 Å². The van der Waals surface area contributed by atoms with Gasteiger partial charge in [-0.25, -0.2) is 0 Å². The molecule has 2 rings (SSSR count). The van der Waals surface area contributed by atoms with E-state index in [9.17, 15) is 0 Å². The van der Waals surface area contributed by atoms with Crippen LogP contribution in [0.3, 0.4) is 0 Å². The number of likely N-dealkylation sites (tertiary alicyclic amines) is 1. The molecular weight excluding hydrogens is 256 g/mol. The van der Waals surface area contributed by atoms with Crippen LogP contribution in [-0.2, 0) is 0 Å². The van der Waals surface area contributed by atoms with Crippen molar-refractivity contribution >= 4 is 11.6 Å². The van der Waals surface area contributed by atoms with Crippen LogP contribution < -0.4 is 5.73 Å². The molecule has 1 aliphatic heterocycles. The second-order valence-corrected chi connectivity index (χ2v) is 6.22. The third-order valence-corrected chi connectivity index (χ3v) is 4.55. The van der Waals surface area contributed by atoms with Gasteiger partial charge in [-0.2, -0.15) is 0 Å². The summed E-state index contributed by atoms with van der Waals surface area (Å²) in [4.78, 5) is 2.55. The predicted molar refractivity (Wildman–Crippen MR) is 82.4 cm³/mol. The maximum absolute atomic E-state index is 6.38. The highest BCUT2D eigenvalue weighted by atomic mass is 35.5. The molecule has 106 valence electrons. The fraction of sp³-hybridized carbons (Fsp3) is 0.625. The molecule has 0 aromatic heterocycles. The van der Waals surface area contributed by atoms with Crippen molar-refractivity contribution < 1.29 is 0 Å². The van der Waals surface area contributed by atoms with Crippen molar-refractivity contribution in [2.24, 2.45) is 11.7 Å². The molecule has 1 fully saturated rings. The summed E-state index contributed by atoms with van der Waals surface area (Å²) in [7, 11) is 0. The second-order valence-electron chi connectivity index (χ2n) is 5.79. The number of hydrogen-bond acceptors (Lipinski definition) is 2. The number of piperidine rings is 1. The molecular formula is C16H25ClN2. The van der Waals surface area contributed by atoms with Crippen molar-refractivity contribution in [2.75, 3.05) is 13.1 Å². The topological polar surface area (TPSA) is 29.3 Å². The molecule has 0 amide bonds. The van der Waals surface area contributed by atoms with Gasteiger partial charge in [-0.1, -0.05) is 37.6 Å². The van der Waals surface area contributed by atoms with E-state index in [4.69, 9.17) is 17.3 Å². The molecule has 2 nitrogen and oxygen atoms in total. The normalized spacial score (nSPS) is 21.3. The van der Waals surface area contributed by atoms with Crippen LogP contribution in [0.4, 0.5) is 0 Å². The van der Waals surface area contributed by atoms with Crippen molar-refractivity contribution in [3.8, 4) is 0 Å². The van der Waals surface area contributed by atoms with Gasteiger partial charge in [0.1, 0.15) is 0 Å². The quantitative estimate of drug-likeness (QED) is 0.908. The minimum atomic E-state index is 0.189. The molecule has 2 atom stereocenters. The van der Waals surface area contributed by atoms with Crippen molar-refractivity contribution in [2.45, 2.75) is 45.2 Å². The average Bonchev–Trinajstić information content (AvgIpc) is 2.43. The summed E-state index contributed by atoms with van der Waals surface area (Å²) >= 11 is 5.99. The highest BCUT2D eigenvalue weighted by molar-refractivity contribution is 6.30. The van der Waals surface area contributed by atoms with Crippen molar-refractivity contribution in [1.29, 1.82) is 0 Å². The van der Waals surface area contributed by atoms with Crippen molar-refractivity contribution in [3.63, 3.8) is 0 Å². The molecule has 19 heavy (non-hydrogen) atoms. The Morgan fingerprint density at radius 1 is 1.26 bits per heavy atom. The summed E-state index contributed by atoms with van der Waals surface area (Å²) in [5.41, 5.74) is 7.68. The molecule has 2 unspecified atom stereocenters. The number of halogens is 1. The lowest BCUT2D eigenvalue weighted by molar-refractivity contribution is 0.119. The maximum Gasteiger partial charge on any atom is 0.0499 e. The molecule has 0 aliphatic carbocycles. The van der Waals surface area contributed by atoms with Gasteiger partial charge in [0, 0.05) is 17.1 Å². The molecule has 0 radical (unpaired) electrons. The van der Waals surface area contributed by atoms with E-state index in [1.807, 2.05) is 12.1 Å². The molecule has 0 saturated carbocycles. The van der Waals surface area contributed by atoms with Crippen molar-refractivity contribution in [1.82, 2.24) is 4.90 Å². The number of hydrogen-bond donors (Lipinski definition) is 1. The van der Waals surface area contributed by atoms with E-state index in [2.05, 4.69) is 30.9 Å². The average molecular weight is 281 g/mol. The molecule has 2 N–H and O–H groups in total. The lowest BCUT2D eigenvalue weighted by atomic mass is 9.91. The predicted octanol–water partition coefficient (Wildman–Crippen LogP) is 3.85. The number of benzene rings is 1. The Morgan fingerprint density at radius 2 is 1.84 bits per heavy atom. The Morgan fingerprint density at radius 3 is 2.37 bits per heavy atom. The first-order valence-corrected chi connectivity index (χ1v) is 7.74. The zero-order valence-corrected chi connectivity index (χ0v) is 12.7. The minimum Gasteiger partial charge on any atom is -0.326 e. The Kier molecular flexibility index (Phi) is 5.26. The summed E-state index contributed by atoms with van der Waals surface area (Å²) < 4.78 is 0. The van der Waals surface area contributed by atoms with Crippen LogP contribution in [0.5, 0.6) is 0 Å². The van der Waals surface area contributed by atoms with E-state index in [1.165, 1.54) is 18.4 Å². The van der Waals surface area contributed by atoms with Crippen LogP contribution in [0, 0.1) is 5.92 Å². The lowest BCUT2D eigenvalue weighted by Crippen LogP contribution is -2.44. The Balaban J connectivity index is 2.18. The molecule has 1 aliphatic rings. The zero-order chi connectivity index (χ0) is 13.8. The van der Waals surface area contributed by atoms with Crippen LogP contribution in [0.2, 0.25) is 5.02 Å². The fourth-order valence-corrected chi connectivity index (χ4v) is 3.04. The van der Waals surface area contributed by atoms with Gasteiger partial charge in [-0.15, -0.1) is 0 Å². The Bertz CT molecular complexity index is 382. The van der Waals surface area contributed by atoms with Crippen LogP contribution in [-0.4, -0.2) is 24.0 Å². The van der Waals surface area contributed by atoms with E-state index in [-0.39, 0.29) is 6.04 Å². The number of nitrogens with zero attached hydrogens (tertiary/aromatic N) is 1. The third kappa shape index (κ3) is 3.71. The van der Waals surface area contributed by atoms with Crippen LogP contribution in [0.25, 0.3) is 0 Å². The van der Waals surface area contributed by atoms with Gasteiger partial charge in [0.15, 0.2) is 0 Å². The summed E-state index contributed by atoms with van der Waals surface area (Å²) in [5.74, 6) is 0.847. The monoisotopic (exact) mass is 280 g/mol. The van der Waals surface area contributed by atoms with E-state index < -0.39 is 0 Å². The molecule has 1 saturated heterocycles. The highest BCUT2D eigenvalue weighted by Crippen LogP contribution is 2.30. The van der Waals surface area contributed by atoms with E-state index >= 15 is 0 Å². The summed E-state index contributed by atoms with van der Waals surface area (Å²) in [6.45, 7) is 6.82. The van der Waals surface area contributed by atoms with Gasteiger partial charge >= 0.3 is 0 Å². The van der Waals surface area contributed by atoms with Gasteiger partial charge in [-0.3, -0.25) is 4.90 Å². The van der Waals surface area contributed by atoms with Gasteiger partial charge in [0.25, 0.3) is 0 Å². The van der Waals surface area contributed by atoms with Gasteiger partial charge < -0.3 is 5.73 Å². The number of rotatable bonds is 4. The number of nitrogens with two attached hydrogens (primary N) is 1. The van der Waals surface area contributed by atoms with Crippen LogP contribution in [0.1, 0.15) is 44.7 Å². The largest absolute Gasteiger partial charge is 0.326 e. The summed E-state index contributed by atoms with van der Waals surface area (Å²) in [6.07, 6.45) is 3.56. The van der Waals surface area contributed by atoms with E-state index in [1.54, 1.807) is 0 Å². The smallest absolute Gasteiger partial charge is 0.0499 e. The molecule has 1 aromatic rings. The first-order valence-electron chi connectivity index (χ1n) is 7.37. The highest BCUT2D eigenvalue weighted by Gasteiger charge is 2.28. The third-order valence-electron chi connectivity index (χ3n) is 4.30.